The van der Waals surface area contributed by atoms with Gasteiger partial charge in [-0.25, -0.2) is 0 Å². The second-order valence-corrected chi connectivity index (χ2v) is 12.5. The largest absolute Gasteiger partial charge is 0.511 e. The van der Waals surface area contributed by atoms with Crippen molar-refractivity contribution >= 4 is 28.0 Å². The van der Waals surface area contributed by atoms with E-state index in [0.29, 0.717) is 29.6 Å². The maximum atomic E-state index is 13.3. The summed E-state index contributed by atoms with van der Waals surface area (Å²) in [6, 6.07) is 16.5. The number of allylic oxidation sites excluding steroid dienone is 4. The number of carbonyl (C=O) groups excluding carboxylic acids is 2. The lowest BCUT2D eigenvalue weighted by atomic mass is 9.61. The highest BCUT2D eigenvalue weighted by molar-refractivity contribution is 6.21. The number of amides is 1. The summed E-state index contributed by atoms with van der Waals surface area (Å²) in [5.74, 6) is -3.55. The normalized spacial score (nSPS) is 21.5. The summed E-state index contributed by atoms with van der Waals surface area (Å²) in [5.41, 5.74) is 10.8. The van der Waals surface area contributed by atoms with Gasteiger partial charge in [0.1, 0.15) is 22.8 Å². The van der Waals surface area contributed by atoms with E-state index in [4.69, 9.17) is 5.73 Å². The van der Waals surface area contributed by atoms with E-state index in [1.807, 2.05) is 6.07 Å². The number of ketones is 1. The molecule has 6 rings (SSSR count). The van der Waals surface area contributed by atoms with Crippen molar-refractivity contribution in [2.24, 2.45) is 23.5 Å². The van der Waals surface area contributed by atoms with E-state index in [1.54, 1.807) is 6.07 Å². The van der Waals surface area contributed by atoms with Gasteiger partial charge in [0.25, 0.3) is 5.91 Å². The molecule has 3 aromatic rings. The molecule has 1 amide bonds. The molecule has 44 heavy (non-hydrogen) atoms. The summed E-state index contributed by atoms with van der Waals surface area (Å²) in [4.78, 5) is 27.7. The van der Waals surface area contributed by atoms with Crippen molar-refractivity contribution in [3.8, 4) is 16.9 Å². The van der Waals surface area contributed by atoms with Gasteiger partial charge in [-0.1, -0.05) is 62.9 Å². The van der Waals surface area contributed by atoms with Crippen LogP contribution in [0.2, 0.25) is 0 Å². The molecule has 3 aromatic carbocycles. The Labute approximate surface area is 258 Å². The van der Waals surface area contributed by atoms with Crippen molar-refractivity contribution in [2.75, 3.05) is 13.1 Å². The molecule has 7 nitrogen and oxygen atoms in total. The van der Waals surface area contributed by atoms with Crippen LogP contribution in [0, 0.1) is 17.8 Å². The molecule has 0 fully saturated rings. The molecule has 0 radical (unpaired) electrons. The van der Waals surface area contributed by atoms with Gasteiger partial charge in [-0.2, -0.15) is 0 Å². The maximum Gasteiger partial charge on any atom is 0.255 e. The van der Waals surface area contributed by atoms with Crippen LogP contribution in [0.1, 0.15) is 56.2 Å². The van der Waals surface area contributed by atoms with Crippen molar-refractivity contribution in [1.82, 2.24) is 4.90 Å². The van der Waals surface area contributed by atoms with Crippen LogP contribution in [0.4, 0.5) is 0 Å². The van der Waals surface area contributed by atoms with Gasteiger partial charge in [0.05, 0.1) is 5.92 Å². The standard InChI is InChI=1S/C37H40N2O5/c1-4-14-39(15-5-2)19-21-10-11-26(25-9-7-6-8-24(21)25)27-12-13-29(40)32-20(3)31-22(17-28(27)32)16-23-18-30(41)34(37(38)44)36(43)33(23)35(31)42/h6-13,22-23,33,40-42H,3-5,14-19H2,1-2H3,(H2,38,44)/t22?,23-,33?/m0/s1. The second-order valence-electron chi connectivity index (χ2n) is 12.5. The number of hydrogen-bond donors (Lipinski definition) is 4. The molecule has 0 heterocycles. The molecule has 5 N–H and O–H groups in total. The number of fused-ring (bicyclic) bond motifs is 4. The predicted octanol–water partition coefficient (Wildman–Crippen LogP) is 6.74. The molecule has 0 saturated heterocycles. The van der Waals surface area contributed by atoms with Crippen LogP contribution in [0.3, 0.4) is 0 Å². The number of phenolic OH excluding ortho intramolecular Hbond substituents is 1. The molecule has 0 aliphatic heterocycles. The molecule has 7 heteroatoms. The van der Waals surface area contributed by atoms with E-state index < -0.39 is 23.2 Å². The van der Waals surface area contributed by atoms with Crippen molar-refractivity contribution in [3.63, 3.8) is 0 Å². The van der Waals surface area contributed by atoms with Gasteiger partial charge < -0.3 is 21.1 Å². The van der Waals surface area contributed by atoms with Gasteiger partial charge in [-0.3, -0.25) is 14.5 Å². The zero-order chi connectivity index (χ0) is 31.3. The van der Waals surface area contributed by atoms with E-state index in [9.17, 15) is 24.9 Å². The summed E-state index contributed by atoms with van der Waals surface area (Å²) in [5, 5.41) is 35.5. The van der Waals surface area contributed by atoms with Crippen LogP contribution in [0.15, 0.2) is 77.8 Å². The molecule has 3 atom stereocenters. The van der Waals surface area contributed by atoms with Gasteiger partial charge in [0, 0.05) is 24.1 Å². The number of primary amides is 1. The Morgan fingerprint density at radius 1 is 0.955 bits per heavy atom. The van der Waals surface area contributed by atoms with Crippen molar-refractivity contribution in [1.29, 1.82) is 0 Å². The number of aliphatic hydroxyl groups excluding tert-OH is 2. The molecular weight excluding hydrogens is 552 g/mol. The Bertz CT molecular complexity index is 1760. The first-order valence-corrected chi connectivity index (χ1v) is 15.6. The average Bonchev–Trinajstić information content (AvgIpc) is 2.97. The number of carbonyl (C=O) groups is 2. The first-order valence-electron chi connectivity index (χ1n) is 15.6. The number of aromatic hydroxyl groups is 1. The number of phenols is 1. The fraction of sp³-hybridized carbons (Fsp3) is 0.351. The van der Waals surface area contributed by atoms with E-state index in [2.05, 4.69) is 61.7 Å². The minimum Gasteiger partial charge on any atom is -0.511 e. The molecule has 3 aliphatic rings. The first-order chi connectivity index (χ1) is 21.2. The number of Topliss-reactive ketones (excluding diaryl/α,β-unsaturated/α-hetero) is 1. The van der Waals surface area contributed by atoms with E-state index in [-0.39, 0.29) is 35.5 Å². The molecule has 0 bridgehead atoms. The number of benzene rings is 3. The van der Waals surface area contributed by atoms with E-state index in [1.165, 1.54) is 10.9 Å². The topological polar surface area (TPSA) is 124 Å². The molecule has 2 unspecified atom stereocenters. The highest BCUT2D eigenvalue weighted by Crippen LogP contribution is 2.54. The first kappa shape index (κ1) is 29.7. The summed E-state index contributed by atoms with van der Waals surface area (Å²) in [7, 11) is 0. The average molecular weight is 593 g/mol. The molecule has 228 valence electrons. The minimum absolute atomic E-state index is 0.0654. The Morgan fingerprint density at radius 2 is 1.64 bits per heavy atom. The van der Waals surface area contributed by atoms with Crippen LogP contribution in [0.25, 0.3) is 27.5 Å². The molecule has 3 aliphatic carbocycles. The number of nitrogens with zero attached hydrogens (tertiary/aromatic N) is 1. The van der Waals surface area contributed by atoms with Crippen molar-refractivity contribution in [2.45, 2.75) is 52.5 Å². The molecule has 0 aromatic heterocycles. The fourth-order valence-electron chi connectivity index (χ4n) is 7.95. The number of hydrogen-bond acceptors (Lipinski definition) is 6. The number of rotatable bonds is 8. The van der Waals surface area contributed by atoms with Gasteiger partial charge in [-0.05, 0) is 95.3 Å². The van der Waals surface area contributed by atoms with Crippen LogP contribution in [-0.4, -0.2) is 45.0 Å². The third-order valence-corrected chi connectivity index (χ3v) is 9.70. The Kier molecular flexibility index (Phi) is 7.84. The molecule has 0 spiro atoms. The Balaban J connectivity index is 1.45. The number of aliphatic hydroxyl groups is 2. The lowest BCUT2D eigenvalue weighted by molar-refractivity contribution is -0.126. The third kappa shape index (κ3) is 4.80. The van der Waals surface area contributed by atoms with Crippen LogP contribution >= 0.6 is 0 Å². The van der Waals surface area contributed by atoms with Crippen molar-refractivity contribution < 1.29 is 24.9 Å². The van der Waals surface area contributed by atoms with Gasteiger partial charge >= 0.3 is 0 Å². The summed E-state index contributed by atoms with van der Waals surface area (Å²) < 4.78 is 0. The lowest BCUT2D eigenvalue weighted by Gasteiger charge is -2.42. The SMILES string of the molecule is C=C1C2=C(O)C3C(=O)C(C(N)=O)=C(O)C[C@@H]3CC2Cc2c(-c3ccc(CN(CCC)CCC)c4ccccc34)ccc(O)c21. The Morgan fingerprint density at radius 3 is 2.32 bits per heavy atom. The predicted molar refractivity (Wildman–Crippen MR) is 173 cm³/mol. The number of nitrogens with two attached hydrogens (primary N) is 1. The monoisotopic (exact) mass is 592 g/mol. The summed E-state index contributed by atoms with van der Waals surface area (Å²) in [6.07, 6.45) is 3.34. The third-order valence-electron chi connectivity index (χ3n) is 9.70. The lowest BCUT2D eigenvalue weighted by Crippen LogP contribution is -2.42. The van der Waals surface area contributed by atoms with E-state index in [0.717, 1.165) is 54.6 Å². The maximum absolute atomic E-state index is 13.3. The second kappa shape index (κ2) is 11.6. The van der Waals surface area contributed by atoms with Crippen LogP contribution in [-0.2, 0) is 22.6 Å². The zero-order valence-electron chi connectivity index (χ0n) is 25.4. The smallest absolute Gasteiger partial charge is 0.255 e. The minimum atomic E-state index is -0.998. The van der Waals surface area contributed by atoms with Gasteiger partial charge in [-0.15, -0.1) is 0 Å². The quantitative estimate of drug-likeness (QED) is 0.215. The highest BCUT2D eigenvalue weighted by Gasteiger charge is 2.49. The highest BCUT2D eigenvalue weighted by atomic mass is 16.3. The zero-order valence-corrected chi connectivity index (χ0v) is 25.4. The van der Waals surface area contributed by atoms with Gasteiger partial charge in [0.15, 0.2) is 5.78 Å². The van der Waals surface area contributed by atoms with Gasteiger partial charge in [0.2, 0.25) is 0 Å². The summed E-state index contributed by atoms with van der Waals surface area (Å²) in [6.45, 7) is 11.7. The van der Waals surface area contributed by atoms with E-state index >= 15 is 0 Å². The summed E-state index contributed by atoms with van der Waals surface area (Å²) >= 11 is 0. The molecule has 0 saturated carbocycles. The van der Waals surface area contributed by atoms with Crippen LogP contribution in [0.5, 0.6) is 5.75 Å². The Hall–Kier alpha value is -4.36. The molecular formula is C37H40N2O5. The fourth-order valence-corrected chi connectivity index (χ4v) is 7.95. The van der Waals surface area contributed by atoms with Crippen LogP contribution < -0.4 is 5.73 Å². The van der Waals surface area contributed by atoms with Crippen molar-refractivity contribution in [3.05, 3.63) is 94.5 Å².